The summed E-state index contributed by atoms with van der Waals surface area (Å²) in [6, 6.07) is 0. The van der Waals surface area contributed by atoms with Crippen LogP contribution < -0.4 is 0 Å². The van der Waals surface area contributed by atoms with Crippen LogP contribution in [0.4, 0.5) is 0 Å². The maximum atomic E-state index is 8.20. The Balaban J connectivity index is -0.000000218. The van der Waals surface area contributed by atoms with Crippen molar-refractivity contribution in [2.24, 2.45) is 0 Å². The second-order valence-electron chi connectivity index (χ2n) is 2.55. The van der Waals surface area contributed by atoms with Crippen molar-refractivity contribution in [1.29, 1.82) is 0 Å². The van der Waals surface area contributed by atoms with Gasteiger partial charge in [0.25, 0.3) is 0 Å². The van der Waals surface area contributed by atoms with Crippen molar-refractivity contribution < 1.29 is 45.9 Å². The van der Waals surface area contributed by atoms with Crippen LogP contribution in [0, 0.1) is 7.11 Å². The fraction of sp³-hybridized carbons (Fsp3) is 0.900. The van der Waals surface area contributed by atoms with E-state index < -0.39 is 0 Å². The second kappa shape index (κ2) is 25.2. The van der Waals surface area contributed by atoms with Crippen LogP contribution in [0.25, 0.3) is 0 Å². The Hall–Kier alpha value is 0.279. The molecule has 1 N–H and O–H groups in total. The summed E-state index contributed by atoms with van der Waals surface area (Å²) in [5.74, 6) is 0. The normalized spacial score (nSPS) is 9.18. The van der Waals surface area contributed by atoms with E-state index in [9.17, 15) is 0 Å². The first-order chi connectivity index (χ1) is 7.83. The van der Waals surface area contributed by atoms with Gasteiger partial charge in [-0.05, 0) is 0 Å². The van der Waals surface area contributed by atoms with Gasteiger partial charge in [0.05, 0.1) is 39.6 Å². The van der Waals surface area contributed by atoms with Crippen LogP contribution in [-0.4, -0.2) is 65.8 Å². The maximum absolute atomic E-state index is 8.20. The number of aliphatic hydroxyl groups is 1. The summed E-state index contributed by atoms with van der Waals surface area (Å²) in [7, 11) is 6.35. The van der Waals surface area contributed by atoms with Crippen molar-refractivity contribution in [3.8, 4) is 0 Å². The number of aliphatic hydroxyl groups excluding tert-OH is 1. The molecule has 0 amide bonds. The predicted octanol–water partition coefficient (Wildman–Crippen LogP) is 0.0543. The molecule has 0 rings (SSSR count). The van der Waals surface area contributed by atoms with Crippen LogP contribution in [0.1, 0.15) is 0 Å². The minimum atomic E-state index is 0. The van der Waals surface area contributed by atoms with E-state index in [-0.39, 0.29) is 30.5 Å². The predicted molar refractivity (Wildman–Crippen MR) is 58.9 cm³/mol. The molecule has 0 aliphatic rings. The molecule has 0 saturated heterocycles. The molecule has 17 heavy (non-hydrogen) atoms. The average molecular weight is 303 g/mol. The number of hydrogen-bond donors (Lipinski definition) is 1. The summed E-state index contributed by atoms with van der Waals surface area (Å²) in [6.07, 6.45) is 0. The Kier molecular flexibility index (Phi) is 33.3. The smallest absolute Gasteiger partial charge is 0.535 e. The Morgan fingerprint density at radius 3 is 1.82 bits per heavy atom. The first-order valence-corrected chi connectivity index (χ1v) is 4.94. The molecule has 0 aliphatic carbocycles. The van der Waals surface area contributed by atoms with E-state index >= 15 is 0 Å². The molecule has 0 fully saturated rings. The molecule has 0 aromatic carbocycles. The van der Waals surface area contributed by atoms with Crippen molar-refractivity contribution in [1.82, 2.24) is 0 Å². The van der Waals surface area contributed by atoms with Crippen molar-refractivity contribution in [3.63, 3.8) is 0 Å². The van der Waals surface area contributed by atoms with E-state index in [1.807, 2.05) is 0 Å². The molecular weight excluding hydrogens is 280 g/mol. The van der Waals surface area contributed by atoms with Gasteiger partial charge < -0.3 is 28.8 Å². The molecule has 0 aromatic heterocycles. The van der Waals surface area contributed by atoms with Crippen LogP contribution in [-0.2, 0) is 40.8 Å². The Labute approximate surface area is 114 Å². The van der Waals surface area contributed by atoms with Gasteiger partial charge in [-0.3, -0.25) is 0 Å². The third kappa shape index (κ3) is 31.4. The fourth-order valence-corrected chi connectivity index (χ4v) is 0.569. The Morgan fingerprint density at radius 1 is 0.882 bits per heavy atom. The minimum Gasteiger partial charge on any atom is -0.535 e. The molecule has 6 nitrogen and oxygen atoms in total. The quantitative estimate of drug-likeness (QED) is 0.266. The van der Waals surface area contributed by atoms with Gasteiger partial charge in [0.1, 0.15) is 6.79 Å². The summed E-state index contributed by atoms with van der Waals surface area (Å²) in [5, 5.41) is 8.20. The first-order valence-electron chi connectivity index (χ1n) is 4.94. The van der Waals surface area contributed by atoms with Crippen LogP contribution in [0.15, 0.2) is 0 Å². The Bertz CT molecular complexity index is 82.8. The molecule has 110 valence electrons. The van der Waals surface area contributed by atoms with Gasteiger partial charge in [-0.15, -0.1) is 0 Å². The van der Waals surface area contributed by atoms with Crippen molar-refractivity contribution in [2.75, 3.05) is 60.7 Å². The second-order valence-corrected chi connectivity index (χ2v) is 2.55. The van der Waals surface area contributed by atoms with E-state index in [4.69, 9.17) is 14.6 Å². The summed E-state index contributed by atoms with van der Waals surface area (Å²) in [4.78, 5) is 0. The molecule has 0 saturated carbocycles. The standard InChI is InChI=1S/C5H11O3.C5H12O3.Cu/c1-6-3-4-8-5-7-2;1-7-4-5-8-3-2-6;/h2-5H2,1H3;6H,2-5H2,1H3;/q-1;;+1. The Morgan fingerprint density at radius 2 is 1.41 bits per heavy atom. The third-order valence-corrected chi connectivity index (χ3v) is 1.27. The number of rotatable bonds is 10. The van der Waals surface area contributed by atoms with Gasteiger partial charge in [0.15, 0.2) is 0 Å². The van der Waals surface area contributed by atoms with Gasteiger partial charge >= 0.3 is 17.1 Å². The first kappa shape index (κ1) is 22.5. The van der Waals surface area contributed by atoms with Crippen molar-refractivity contribution >= 4 is 0 Å². The summed E-state index contributed by atoms with van der Waals surface area (Å²) < 4.78 is 23.4. The largest absolute Gasteiger partial charge is 1.00 e. The number of ether oxygens (including phenoxy) is 5. The van der Waals surface area contributed by atoms with Gasteiger partial charge in [-0.25, -0.2) is 7.11 Å². The van der Waals surface area contributed by atoms with E-state index in [1.165, 1.54) is 0 Å². The van der Waals surface area contributed by atoms with Crippen LogP contribution >= 0.6 is 0 Å². The van der Waals surface area contributed by atoms with Crippen LogP contribution in [0.5, 0.6) is 0 Å². The van der Waals surface area contributed by atoms with Gasteiger partial charge in [0.2, 0.25) is 0 Å². The molecule has 0 radical (unpaired) electrons. The summed E-state index contributed by atoms with van der Waals surface area (Å²) in [6.45, 7) is 3.06. The maximum Gasteiger partial charge on any atom is 1.00 e. The molecule has 0 atom stereocenters. The average Bonchev–Trinajstić information content (AvgIpc) is 2.31. The molecule has 7 heteroatoms. The third-order valence-electron chi connectivity index (χ3n) is 1.27. The fourth-order valence-electron chi connectivity index (χ4n) is 0.569. The van der Waals surface area contributed by atoms with Crippen molar-refractivity contribution in [2.45, 2.75) is 0 Å². The van der Waals surface area contributed by atoms with Crippen LogP contribution in [0.3, 0.4) is 0 Å². The summed E-state index contributed by atoms with van der Waals surface area (Å²) in [5.41, 5.74) is 0. The molecular formula is C10H23CuO6. The zero-order valence-corrected chi connectivity index (χ0v) is 11.4. The minimum absolute atomic E-state index is 0. The van der Waals surface area contributed by atoms with E-state index in [0.717, 1.165) is 0 Å². The molecule has 0 bridgehead atoms. The van der Waals surface area contributed by atoms with E-state index in [2.05, 4.69) is 21.3 Å². The number of hydrogen-bond acceptors (Lipinski definition) is 6. The van der Waals surface area contributed by atoms with Crippen LogP contribution in [0.2, 0.25) is 0 Å². The molecule has 0 unspecified atom stereocenters. The summed E-state index contributed by atoms with van der Waals surface area (Å²) >= 11 is 0. The van der Waals surface area contributed by atoms with Gasteiger partial charge in [-0.1, -0.05) is 0 Å². The zero-order chi connectivity index (χ0) is 12.5. The van der Waals surface area contributed by atoms with Gasteiger partial charge in [0, 0.05) is 14.2 Å². The zero-order valence-electron chi connectivity index (χ0n) is 10.4. The molecule has 0 aromatic rings. The van der Waals surface area contributed by atoms with E-state index in [0.29, 0.717) is 33.0 Å². The number of methoxy groups -OCH3 is 2. The molecule has 0 heterocycles. The van der Waals surface area contributed by atoms with Gasteiger partial charge in [-0.2, -0.15) is 0 Å². The topological polar surface area (TPSA) is 66.4 Å². The van der Waals surface area contributed by atoms with E-state index in [1.54, 1.807) is 14.2 Å². The monoisotopic (exact) mass is 302 g/mol. The molecule has 0 aliphatic heterocycles. The molecule has 0 spiro atoms. The SMILES string of the molecule is COCCOCCO.[CH2-]OCOCCOC.[Cu+]. The van der Waals surface area contributed by atoms with Crippen molar-refractivity contribution in [3.05, 3.63) is 7.11 Å².